The molecule has 0 saturated carbocycles. The van der Waals surface area contributed by atoms with E-state index < -0.39 is 23.8 Å². The number of hydrogen-bond acceptors (Lipinski definition) is 0. The molecule has 0 aliphatic rings. The van der Waals surface area contributed by atoms with Crippen molar-refractivity contribution in [3.63, 3.8) is 0 Å². The fourth-order valence-electron chi connectivity index (χ4n) is 6.54. The predicted octanol–water partition coefficient (Wildman–Crippen LogP) is 10.3. The summed E-state index contributed by atoms with van der Waals surface area (Å²) in [5.74, 6) is 0. The molecule has 0 atom stereocenters. The Bertz CT molecular complexity index is 1850. The highest BCUT2D eigenvalue weighted by molar-refractivity contribution is 7.80. The first kappa shape index (κ1) is 39.5. The second-order valence-electron chi connectivity index (χ2n) is 13.0. The van der Waals surface area contributed by atoms with Crippen LogP contribution in [0.5, 0.6) is 0 Å². The van der Waals surface area contributed by atoms with E-state index in [4.69, 9.17) is 0 Å². The van der Waals surface area contributed by atoms with Crippen molar-refractivity contribution in [2.45, 2.75) is 0 Å². The first-order valence-electron chi connectivity index (χ1n) is 19.2. The van der Waals surface area contributed by atoms with Crippen molar-refractivity contribution in [3.8, 4) is 0 Å². The number of rotatable bonds is 9. The van der Waals surface area contributed by atoms with Crippen LogP contribution in [0.2, 0.25) is 0 Å². The van der Waals surface area contributed by atoms with Crippen molar-refractivity contribution in [2.75, 3.05) is 0 Å². The van der Waals surface area contributed by atoms with E-state index in [1.54, 1.807) is 0 Å². The molecule has 0 fully saturated rings. The van der Waals surface area contributed by atoms with Gasteiger partial charge in [0.2, 0.25) is 0 Å². The van der Waals surface area contributed by atoms with Crippen molar-refractivity contribution in [3.05, 3.63) is 273 Å². The third-order valence-electron chi connectivity index (χ3n) is 9.13. The second kappa shape index (κ2) is 21.5. The molecule has 0 heterocycles. The maximum atomic E-state index is 2.23. The zero-order valence-electron chi connectivity index (χ0n) is 31.8. The lowest BCUT2D eigenvalue weighted by atomic mass is 10.4. The SMILES string of the molecule is c1ccc(P(c2ccccc2)c2ccccc2)cc1.c1ccc(P(c2ccccc2)c2ccccc2)cc1.c1ccc(P(c2ccccc2)c2ccccc2)cc1. The van der Waals surface area contributed by atoms with Crippen LogP contribution in [0, 0.1) is 0 Å². The van der Waals surface area contributed by atoms with Crippen LogP contribution < -0.4 is 47.7 Å². The molecule has 0 aromatic heterocycles. The average molecular weight is 787 g/mol. The monoisotopic (exact) mass is 786 g/mol. The molecular weight excluding hydrogens is 742 g/mol. The Morgan fingerprint density at radius 1 is 0.123 bits per heavy atom. The van der Waals surface area contributed by atoms with Crippen LogP contribution in [-0.2, 0) is 0 Å². The molecule has 0 aliphatic heterocycles. The van der Waals surface area contributed by atoms with Gasteiger partial charge in [-0.2, -0.15) is 0 Å². The molecule has 9 rings (SSSR count). The van der Waals surface area contributed by atoms with Crippen LogP contribution in [0.25, 0.3) is 0 Å². The smallest absolute Gasteiger partial charge is 0.0134 e. The van der Waals surface area contributed by atoms with E-state index in [1.807, 2.05) is 0 Å². The van der Waals surface area contributed by atoms with E-state index in [0.717, 1.165) is 0 Å². The molecule has 0 N–H and O–H groups in total. The molecule has 0 bridgehead atoms. The minimum absolute atomic E-state index is 0.446. The van der Waals surface area contributed by atoms with Crippen molar-refractivity contribution in [1.29, 1.82) is 0 Å². The summed E-state index contributed by atoms with van der Waals surface area (Å²) in [6.07, 6.45) is 0. The highest BCUT2D eigenvalue weighted by atomic mass is 31.1. The molecule has 57 heavy (non-hydrogen) atoms. The number of benzene rings is 9. The maximum absolute atomic E-state index is 2.23. The molecule has 0 unspecified atom stereocenters. The van der Waals surface area contributed by atoms with E-state index in [9.17, 15) is 0 Å². The van der Waals surface area contributed by atoms with E-state index in [-0.39, 0.29) is 0 Å². The molecule has 0 amide bonds. The van der Waals surface area contributed by atoms with Gasteiger partial charge in [0.1, 0.15) is 0 Å². The predicted molar refractivity (Wildman–Crippen MR) is 255 cm³/mol. The number of hydrogen-bond donors (Lipinski definition) is 0. The first-order chi connectivity index (χ1) is 28.3. The Balaban J connectivity index is 0.000000131. The minimum Gasteiger partial charge on any atom is -0.0622 e. The lowest BCUT2D eigenvalue weighted by Gasteiger charge is -2.18. The quantitative estimate of drug-likeness (QED) is 0.128. The third-order valence-corrected chi connectivity index (χ3v) is 16.5. The lowest BCUT2D eigenvalue weighted by molar-refractivity contribution is 1.74. The van der Waals surface area contributed by atoms with Crippen LogP contribution in [0.4, 0.5) is 0 Å². The van der Waals surface area contributed by atoms with Gasteiger partial charge in [0.05, 0.1) is 0 Å². The Morgan fingerprint density at radius 2 is 0.211 bits per heavy atom. The summed E-state index contributed by atoms with van der Waals surface area (Å²) in [6.45, 7) is 0. The van der Waals surface area contributed by atoms with Gasteiger partial charge in [0.25, 0.3) is 0 Å². The van der Waals surface area contributed by atoms with Crippen molar-refractivity contribution in [1.82, 2.24) is 0 Å². The van der Waals surface area contributed by atoms with Crippen LogP contribution in [0.3, 0.4) is 0 Å². The van der Waals surface area contributed by atoms with Gasteiger partial charge in [-0.15, -0.1) is 0 Å². The molecule has 0 nitrogen and oxygen atoms in total. The minimum atomic E-state index is -0.446. The summed E-state index contributed by atoms with van der Waals surface area (Å²) in [7, 11) is -1.34. The molecule has 0 radical (unpaired) electrons. The highest BCUT2D eigenvalue weighted by Crippen LogP contribution is 2.34. The molecule has 0 saturated heterocycles. The van der Waals surface area contributed by atoms with Crippen molar-refractivity contribution >= 4 is 71.5 Å². The van der Waals surface area contributed by atoms with Crippen LogP contribution >= 0.6 is 23.8 Å². The fraction of sp³-hybridized carbons (Fsp3) is 0. The van der Waals surface area contributed by atoms with E-state index in [0.29, 0.717) is 0 Å². The summed E-state index contributed by atoms with van der Waals surface area (Å²) in [6, 6.07) is 97.0. The molecule has 9 aromatic rings. The van der Waals surface area contributed by atoms with Crippen molar-refractivity contribution < 1.29 is 0 Å². The first-order valence-corrected chi connectivity index (χ1v) is 23.2. The summed E-state index contributed by atoms with van der Waals surface area (Å²) in [5.41, 5.74) is 0. The van der Waals surface area contributed by atoms with E-state index in [1.165, 1.54) is 47.7 Å². The van der Waals surface area contributed by atoms with Gasteiger partial charge in [-0.3, -0.25) is 0 Å². The van der Waals surface area contributed by atoms with E-state index in [2.05, 4.69) is 273 Å². The topological polar surface area (TPSA) is 0 Å². The van der Waals surface area contributed by atoms with Gasteiger partial charge >= 0.3 is 0 Å². The summed E-state index contributed by atoms with van der Waals surface area (Å²) in [4.78, 5) is 0. The van der Waals surface area contributed by atoms with Gasteiger partial charge in [0, 0.05) is 0 Å². The largest absolute Gasteiger partial charge is 0.0622 e. The summed E-state index contributed by atoms with van der Waals surface area (Å²) in [5, 5.41) is 12.6. The van der Waals surface area contributed by atoms with Gasteiger partial charge in [-0.25, -0.2) is 0 Å². The van der Waals surface area contributed by atoms with E-state index >= 15 is 0 Å². The standard InChI is InChI=1S/3C18H15P/c3*1-4-10-16(11-5-1)19(17-12-6-2-7-13-17)18-14-8-3-9-15-18/h3*1-15H. The zero-order valence-corrected chi connectivity index (χ0v) is 34.5. The zero-order chi connectivity index (χ0) is 38.7. The summed E-state index contributed by atoms with van der Waals surface area (Å²) < 4.78 is 0. The molecule has 3 heteroatoms. The normalized spacial score (nSPS) is 10.6. The van der Waals surface area contributed by atoms with Gasteiger partial charge in [-0.1, -0.05) is 273 Å². The second-order valence-corrected chi connectivity index (χ2v) is 19.7. The average Bonchev–Trinajstić information content (AvgIpc) is 3.30. The Labute approximate surface area is 342 Å². The van der Waals surface area contributed by atoms with Gasteiger partial charge in [-0.05, 0) is 71.5 Å². The van der Waals surface area contributed by atoms with Crippen molar-refractivity contribution in [2.24, 2.45) is 0 Å². The molecule has 0 aliphatic carbocycles. The van der Waals surface area contributed by atoms with Crippen LogP contribution in [-0.4, -0.2) is 0 Å². The molecule has 9 aromatic carbocycles. The highest BCUT2D eigenvalue weighted by Gasteiger charge is 2.17. The Morgan fingerprint density at radius 3 is 0.298 bits per heavy atom. The van der Waals surface area contributed by atoms with Gasteiger partial charge in [0.15, 0.2) is 0 Å². The maximum Gasteiger partial charge on any atom is -0.0134 e. The molecule has 0 spiro atoms. The third kappa shape index (κ3) is 11.2. The Hall–Kier alpha value is -5.73. The fourth-order valence-corrected chi connectivity index (χ4v) is 13.5. The molecule has 276 valence electrons. The van der Waals surface area contributed by atoms with Crippen LogP contribution in [0.15, 0.2) is 273 Å². The molecular formula is C54H45P3. The van der Waals surface area contributed by atoms with Crippen LogP contribution in [0.1, 0.15) is 0 Å². The lowest BCUT2D eigenvalue weighted by Crippen LogP contribution is -2.20. The Kier molecular flexibility index (Phi) is 14.9. The van der Waals surface area contributed by atoms with Gasteiger partial charge < -0.3 is 0 Å². The summed E-state index contributed by atoms with van der Waals surface area (Å²) >= 11 is 0.